The molecule has 5 heteroatoms. The summed E-state index contributed by atoms with van der Waals surface area (Å²) in [5, 5.41) is 18.1. The van der Waals surface area contributed by atoms with Gasteiger partial charge in [0, 0.05) is 18.7 Å². The number of hydrogen-bond donors (Lipinski definition) is 1. The van der Waals surface area contributed by atoms with Gasteiger partial charge in [0.1, 0.15) is 5.69 Å². The summed E-state index contributed by atoms with van der Waals surface area (Å²) in [5.74, 6) is 1.55. The fraction of sp³-hybridized carbons (Fsp3) is 0.391. The van der Waals surface area contributed by atoms with Gasteiger partial charge in [-0.1, -0.05) is 47.7 Å². The summed E-state index contributed by atoms with van der Waals surface area (Å²) < 4.78 is 2.03. The average molecular weight is 374 g/mol. The highest BCUT2D eigenvalue weighted by Crippen LogP contribution is 2.33. The van der Waals surface area contributed by atoms with Crippen LogP contribution in [0.2, 0.25) is 0 Å². The van der Waals surface area contributed by atoms with Crippen molar-refractivity contribution in [3.8, 4) is 22.4 Å². The van der Waals surface area contributed by atoms with Gasteiger partial charge in [-0.25, -0.2) is 0 Å². The van der Waals surface area contributed by atoms with Crippen LogP contribution in [-0.2, 0) is 13.2 Å². The van der Waals surface area contributed by atoms with Gasteiger partial charge in [-0.2, -0.15) is 0 Å². The van der Waals surface area contributed by atoms with Crippen molar-refractivity contribution in [2.24, 2.45) is 11.8 Å². The molecule has 4 heterocycles. The first-order chi connectivity index (χ1) is 13.8. The smallest absolute Gasteiger partial charge is 0.113 e. The van der Waals surface area contributed by atoms with Crippen molar-refractivity contribution in [1.82, 2.24) is 19.9 Å². The standard InChI is InChI=1S/C23H26N4O/c28-16-17-4-6-18(7-5-17)20-2-1-3-21(12-20)23-15-27(25-24-23)14-22-13-26-10-8-19(22)9-11-26/h1-7,12,15,19,22,28H,8-11,13-14,16H2/t22-/m1/s1. The van der Waals surface area contributed by atoms with Crippen molar-refractivity contribution in [3.63, 3.8) is 0 Å². The molecular weight excluding hydrogens is 348 g/mol. The number of aromatic nitrogens is 3. The zero-order valence-electron chi connectivity index (χ0n) is 16.0. The maximum absolute atomic E-state index is 9.23. The predicted octanol–water partition coefficient (Wildman–Crippen LogP) is 3.45. The maximum atomic E-state index is 9.23. The quantitative estimate of drug-likeness (QED) is 0.743. The van der Waals surface area contributed by atoms with E-state index in [2.05, 4.69) is 57.8 Å². The number of rotatable bonds is 5. The lowest BCUT2D eigenvalue weighted by Gasteiger charge is -2.44. The maximum Gasteiger partial charge on any atom is 0.113 e. The van der Waals surface area contributed by atoms with Gasteiger partial charge in [0.05, 0.1) is 12.8 Å². The molecule has 1 atom stereocenters. The average Bonchev–Trinajstić information content (AvgIpc) is 3.23. The van der Waals surface area contributed by atoms with Gasteiger partial charge in [0.2, 0.25) is 0 Å². The van der Waals surface area contributed by atoms with Gasteiger partial charge in [0.25, 0.3) is 0 Å². The minimum Gasteiger partial charge on any atom is -0.392 e. The van der Waals surface area contributed by atoms with Crippen molar-refractivity contribution >= 4 is 0 Å². The zero-order chi connectivity index (χ0) is 18.9. The van der Waals surface area contributed by atoms with E-state index in [-0.39, 0.29) is 6.61 Å². The summed E-state index contributed by atoms with van der Waals surface area (Å²) in [6.45, 7) is 4.80. The Morgan fingerprint density at radius 2 is 1.75 bits per heavy atom. The molecule has 144 valence electrons. The van der Waals surface area contributed by atoms with Gasteiger partial charge in [-0.15, -0.1) is 5.10 Å². The van der Waals surface area contributed by atoms with Gasteiger partial charge in [-0.3, -0.25) is 4.68 Å². The van der Waals surface area contributed by atoms with Crippen LogP contribution in [0.15, 0.2) is 54.7 Å². The van der Waals surface area contributed by atoms with E-state index in [1.54, 1.807) is 0 Å². The highest BCUT2D eigenvalue weighted by molar-refractivity contribution is 5.71. The molecule has 1 N–H and O–H groups in total. The lowest BCUT2D eigenvalue weighted by Crippen LogP contribution is -2.48. The normalized spacial score (nSPS) is 23.8. The topological polar surface area (TPSA) is 54.2 Å². The molecule has 5 nitrogen and oxygen atoms in total. The summed E-state index contributed by atoms with van der Waals surface area (Å²) in [6.07, 6.45) is 4.76. The van der Waals surface area contributed by atoms with E-state index in [1.807, 2.05) is 16.8 Å². The first kappa shape index (κ1) is 17.6. The molecule has 0 unspecified atom stereocenters. The molecule has 0 radical (unpaired) electrons. The van der Waals surface area contributed by atoms with Crippen molar-refractivity contribution in [2.45, 2.75) is 26.0 Å². The highest BCUT2D eigenvalue weighted by atomic mass is 16.3. The SMILES string of the molecule is OCc1ccc(-c2cccc(-c3cn(C[C@H]4CN5CCC4CC5)nn3)c2)cc1. The Morgan fingerprint density at radius 3 is 2.46 bits per heavy atom. The van der Waals surface area contributed by atoms with Crippen LogP contribution < -0.4 is 0 Å². The minimum absolute atomic E-state index is 0.0725. The van der Waals surface area contributed by atoms with E-state index < -0.39 is 0 Å². The Labute approximate surface area is 165 Å². The highest BCUT2D eigenvalue weighted by Gasteiger charge is 2.34. The Bertz CT molecular complexity index is 941. The fourth-order valence-electron chi connectivity index (χ4n) is 4.72. The third-order valence-electron chi connectivity index (χ3n) is 6.38. The molecule has 3 aromatic rings. The molecule has 3 fully saturated rings. The Kier molecular flexibility index (Phi) is 4.71. The number of piperidine rings is 3. The molecule has 0 spiro atoms. The Morgan fingerprint density at radius 1 is 0.964 bits per heavy atom. The molecule has 28 heavy (non-hydrogen) atoms. The van der Waals surface area contributed by atoms with Crippen LogP contribution in [0.25, 0.3) is 22.4 Å². The third-order valence-corrected chi connectivity index (χ3v) is 6.38. The number of aliphatic hydroxyl groups excluding tert-OH is 1. The van der Waals surface area contributed by atoms with Crippen LogP contribution in [0.3, 0.4) is 0 Å². The van der Waals surface area contributed by atoms with Gasteiger partial charge in [-0.05, 0) is 60.5 Å². The second kappa shape index (κ2) is 7.49. The summed E-state index contributed by atoms with van der Waals surface area (Å²) in [4.78, 5) is 2.59. The van der Waals surface area contributed by atoms with E-state index in [4.69, 9.17) is 0 Å². The summed E-state index contributed by atoms with van der Waals surface area (Å²) in [5.41, 5.74) is 5.22. The van der Waals surface area contributed by atoms with Crippen LogP contribution in [0.4, 0.5) is 0 Å². The van der Waals surface area contributed by atoms with Crippen LogP contribution in [0.5, 0.6) is 0 Å². The van der Waals surface area contributed by atoms with Crippen molar-refractivity contribution < 1.29 is 5.11 Å². The van der Waals surface area contributed by atoms with E-state index >= 15 is 0 Å². The molecular formula is C23H26N4O. The fourth-order valence-corrected chi connectivity index (χ4v) is 4.72. The van der Waals surface area contributed by atoms with E-state index in [0.29, 0.717) is 5.92 Å². The second-order valence-corrected chi connectivity index (χ2v) is 8.16. The van der Waals surface area contributed by atoms with Crippen LogP contribution >= 0.6 is 0 Å². The van der Waals surface area contributed by atoms with Gasteiger partial charge < -0.3 is 10.0 Å². The summed E-state index contributed by atoms with van der Waals surface area (Å²) >= 11 is 0. The molecule has 3 saturated heterocycles. The lowest BCUT2D eigenvalue weighted by atomic mass is 9.79. The largest absolute Gasteiger partial charge is 0.392 e. The molecule has 6 rings (SSSR count). The van der Waals surface area contributed by atoms with Crippen molar-refractivity contribution in [3.05, 3.63) is 60.3 Å². The number of fused-ring (bicyclic) bond motifs is 3. The summed E-state index contributed by atoms with van der Waals surface area (Å²) in [6, 6.07) is 16.5. The van der Waals surface area contributed by atoms with E-state index in [1.165, 1.54) is 32.5 Å². The Hall–Kier alpha value is -2.50. The first-order valence-corrected chi connectivity index (χ1v) is 10.2. The van der Waals surface area contributed by atoms with Gasteiger partial charge in [0.15, 0.2) is 0 Å². The van der Waals surface area contributed by atoms with Crippen LogP contribution in [0, 0.1) is 11.8 Å². The van der Waals surface area contributed by atoms with Crippen LogP contribution in [0.1, 0.15) is 18.4 Å². The molecule has 3 aliphatic heterocycles. The summed E-state index contributed by atoms with van der Waals surface area (Å²) in [7, 11) is 0. The predicted molar refractivity (Wildman–Crippen MR) is 109 cm³/mol. The first-order valence-electron chi connectivity index (χ1n) is 10.2. The molecule has 0 saturated carbocycles. The van der Waals surface area contributed by atoms with E-state index in [0.717, 1.165) is 40.4 Å². The molecule has 1 aromatic heterocycles. The molecule has 0 aliphatic carbocycles. The number of aliphatic hydroxyl groups is 1. The second-order valence-electron chi connectivity index (χ2n) is 8.16. The number of nitrogens with zero attached hydrogens (tertiary/aromatic N) is 4. The zero-order valence-corrected chi connectivity index (χ0v) is 16.0. The van der Waals surface area contributed by atoms with Gasteiger partial charge >= 0.3 is 0 Å². The lowest BCUT2D eigenvalue weighted by molar-refractivity contribution is 0.0402. The molecule has 3 aliphatic rings. The minimum atomic E-state index is 0.0725. The molecule has 2 bridgehead atoms. The number of hydrogen-bond acceptors (Lipinski definition) is 4. The Balaban J connectivity index is 1.34. The number of benzene rings is 2. The third kappa shape index (κ3) is 3.48. The van der Waals surface area contributed by atoms with Crippen molar-refractivity contribution in [1.29, 1.82) is 0 Å². The van der Waals surface area contributed by atoms with Crippen molar-refractivity contribution in [2.75, 3.05) is 19.6 Å². The molecule has 2 aromatic carbocycles. The van der Waals surface area contributed by atoms with Crippen LogP contribution in [-0.4, -0.2) is 44.6 Å². The monoisotopic (exact) mass is 374 g/mol. The van der Waals surface area contributed by atoms with E-state index in [9.17, 15) is 5.11 Å². The molecule has 0 amide bonds.